The minimum atomic E-state index is -3.61. The van der Waals surface area contributed by atoms with Crippen LogP contribution in [0.4, 0.5) is 5.13 Å². The molecule has 0 radical (unpaired) electrons. The van der Waals surface area contributed by atoms with Crippen molar-refractivity contribution in [3.05, 3.63) is 53.6 Å². The maximum absolute atomic E-state index is 13.8. The number of hydrogen-bond donors (Lipinski definition) is 0. The zero-order valence-corrected chi connectivity index (χ0v) is 25.9. The maximum atomic E-state index is 13.8. The maximum Gasteiger partial charge on any atom is 0.260 e. The molecule has 0 spiro atoms. The van der Waals surface area contributed by atoms with Crippen molar-refractivity contribution in [3.8, 4) is 0 Å². The standard InChI is InChI=1S/C29H38N4O4S2.ClH/c1-21-18-22(2)20-32(19-21)39(35,36)25-10-8-24(9-11-25)28(34)33(13-5-12-31-14-16-37-17-15-31)29-30-27-23(3)6-4-7-26(27)38-29;/h4,6-11,21-22H,5,12-20H2,1-3H3;1H. The Morgan fingerprint density at radius 3 is 2.40 bits per heavy atom. The third-order valence-corrected chi connectivity index (χ3v) is 10.5. The number of benzene rings is 2. The number of para-hydroxylation sites is 1. The first-order chi connectivity index (χ1) is 18.7. The fourth-order valence-corrected chi connectivity index (χ4v) is 8.38. The van der Waals surface area contributed by atoms with Gasteiger partial charge in [-0.2, -0.15) is 4.31 Å². The molecule has 2 aliphatic heterocycles. The van der Waals surface area contributed by atoms with E-state index in [9.17, 15) is 13.2 Å². The van der Waals surface area contributed by atoms with Gasteiger partial charge >= 0.3 is 0 Å². The van der Waals surface area contributed by atoms with Gasteiger partial charge in [0.05, 0.1) is 28.3 Å². The Kier molecular flexibility index (Phi) is 10.2. The Morgan fingerprint density at radius 2 is 1.75 bits per heavy atom. The van der Waals surface area contributed by atoms with E-state index in [0.717, 1.165) is 61.5 Å². The van der Waals surface area contributed by atoms with Crippen LogP contribution in [0.1, 0.15) is 42.6 Å². The first kappa shape index (κ1) is 30.9. The second-order valence-corrected chi connectivity index (χ2v) is 13.9. The lowest BCUT2D eigenvalue weighted by atomic mass is 9.94. The summed E-state index contributed by atoms with van der Waals surface area (Å²) >= 11 is 1.51. The Bertz CT molecular complexity index is 1400. The van der Waals surface area contributed by atoms with Gasteiger partial charge in [0.15, 0.2) is 5.13 Å². The molecule has 0 bridgehead atoms. The van der Waals surface area contributed by atoms with E-state index < -0.39 is 10.0 Å². The van der Waals surface area contributed by atoms with E-state index in [1.807, 2.05) is 25.1 Å². The molecule has 11 heteroatoms. The molecule has 5 rings (SSSR count). The molecule has 0 N–H and O–H groups in total. The number of rotatable bonds is 8. The largest absolute Gasteiger partial charge is 0.379 e. The van der Waals surface area contributed by atoms with Crippen molar-refractivity contribution in [1.82, 2.24) is 14.2 Å². The molecular formula is C29H39ClN4O4S2. The van der Waals surface area contributed by atoms with Gasteiger partial charge < -0.3 is 4.74 Å². The van der Waals surface area contributed by atoms with Crippen LogP contribution in [0.2, 0.25) is 0 Å². The number of aryl methyl sites for hydroxylation is 1. The molecule has 8 nitrogen and oxygen atoms in total. The molecule has 2 atom stereocenters. The normalized spacial score (nSPS) is 20.8. The van der Waals surface area contributed by atoms with Crippen LogP contribution in [0, 0.1) is 18.8 Å². The van der Waals surface area contributed by atoms with Crippen molar-refractivity contribution in [2.75, 3.05) is 57.4 Å². The number of carbonyl (C=O) groups excluding carboxylic acids is 1. The second-order valence-electron chi connectivity index (χ2n) is 11.0. The highest BCUT2D eigenvalue weighted by atomic mass is 35.5. The molecule has 218 valence electrons. The van der Waals surface area contributed by atoms with Crippen LogP contribution < -0.4 is 4.90 Å². The predicted octanol–water partition coefficient (Wildman–Crippen LogP) is 5.06. The van der Waals surface area contributed by atoms with Crippen molar-refractivity contribution in [2.24, 2.45) is 11.8 Å². The number of amides is 1. The summed E-state index contributed by atoms with van der Waals surface area (Å²) in [5.41, 5.74) is 2.44. The number of morpholine rings is 1. The molecule has 1 aromatic heterocycles. The summed E-state index contributed by atoms with van der Waals surface area (Å²) in [4.78, 5) is 23.0. The lowest BCUT2D eigenvalue weighted by Gasteiger charge is -2.34. The van der Waals surface area contributed by atoms with Crippen LogP contribution in [0.5, 0.6) is 0 Å². The van der Waals surface area contributed by atoms with Gasteiger partial charge in [-0.25, -0.2) is 13.4 Å². The number of ether oxygens (including phenoxy) is 1. The third kappa shape index (κ3) is 6.86. The first-order valence-electron chi connectivity index (χ1n) is 13.8. The van der Waals surface area contributed by atoms with E-state index in [1.165, 1.54) is 11.3 Å². The first-order valence-corrected chi connectivity index (χ1v) is 16.1. The van der Waals surface area contributed by atoms with Crippen LogP contribution in [0.25, 0.3) is 10.2 Å². The third-order valence-electron chi connectivity index (χ3n) is 7.62. The number of aromatic nitrogens is 1. The zero-order chi connectivity index (χ0) is 27.6. The predicted molar refractivity (Wildman–Crippen MR) is 163 cm³/mol. The molecule has 2 unspecified atom stereocenters. The van der Waals surface area contributed by atoms with Crippen LogP contribution in [-0.2, 0) is 14.8 Å². The van der Waals surface area contributed by atoms with Gasteiger partial charge in [0.25, 0.3) is 5.91 Å². The van der Waals surface area contributed by atoms with E-state index >= 15 is 0 Å². The van der Waals surface area contributed by atoms with Crippen molar-refractivity contribution in [2.45, 2.75) is 38.5 Å². The highest BCUT2D eigenvalue weighted by molar-refractivity contribution is 7.89. The molecule has 3 heterocycles. The van der Waals surface area contributed by atoms with Crippen LogP contribution in [0.15, 0.2) is 47.4 Å². The number of sulfonamides is 1. The molecule has 1 amide bonds. The summed E-state index contributed by atoms with van der Waals surface area (Å²) < 4.78 is 34.8. The number of fused-ring (bicyclic) bond motifs is 1. The quantitative estimate of drug-likeness (QED) is 0.356. The van der Waals surface area contributed by atoms with Gasteiger partial charge in [0, 0.05) is 44.8 Å². The van der Waals surface area contributed by atoms with E-state index in [2.05, 4.69) is 18.7 Å². The van der Waals surface area contributed by atoms with E-state index in [1.54, 1.807) is 33.5 Å². The van der Waals surface area contributed by atoms with Gasteiger partial charge in [-0.3, -0.25) is 14.6 Å². The van der Waals surface area contributed by atoms with Crippen molar-refractivity contribution < 1.29 is 17.9 Å². The molecule has 0 aliphatic carbocycles. The average Bonchev–Trinajstić information content (AvgIpc) is 3.36. The molecule has 0 saturated carbocycles. The number of halogens is 1. The Labute approximate surface area is 247 Å². The summed E-state index contributed by atoms with van der Waals surface area (Å²) in [5.74, 6) is 0.485. The lowest BCUT2D eigenvalue weighted by Crippen LogP contribution is -2.42. The number of anilines is 1. The van der Waals surface area contributed by atoms with Gasteiger partial charge in [-0.05, 0) is 67.5 Å². The molecule has 40 heavy (non-hydrogen) atoms. The molecule has 2 aromatic carbocycles. The van der Waals surface area contributed by atoms with Crippen molar-refractivity contribution in [3.63, 3.8) is 0 Å². The summed E-state index contributed by atoms with van der Waals surface area (Å²) in [7, 11) is -3.61. The van der Waals surface area contributed by atoms with Gasteiger partial charge in [0.2, 0.25) is 10.0 Å². The van der Waals surface area contributed by atoms with Crippen molar-refractivity contribution in [1.29, 1.82) is 0 Å². The summed E-state index contributed by atoms with van der Waals surface area (Å²) in [6.45, 7) is 12.0. The summed E-state index contributed by atoms with van der Waals surface area (Å²) in [5, 5.41) is 0.666. The van der Waals surface area contributed by atoms with Gasteiger partial charge in [0.1, 0.15) is 0 Å². The highest BCUT2D eigenvalue weighted by Gasteiger charge is 2.32. The monoisotopic (exact) mass is 606 g/mol. The van der Waals surface area contributed by atoms with E-state index in [4.69, 9.17) is 9.72 Å². The van der Waals surface area contributed by atoms with Crippen molar-refractivity contribution >= 4 is 55.0 Å². The fourth-order valence-electron chi connectivity index (χ4n) is 5.63. The lowest BCUT2D eigenvalue weighted by molar-refractivity contribution is 0.0376. The van der Waals surface area contributed by atoms with Gasteiger partial charge in [-0.1, -0.05) is 37.3 Å². The number of carbonyl (C=O) groups is 1. The molecule has 3 aromatic rings. The Balaban J connectivity index is 0.00000370. The van der Waals surface area contributed by atoms with Crippen LogP contribution >= 0.6 is 23.7 Å². The van der Waals surface area contributed by atoms with Crippen LogP contribution in [0.3, 0.4) is 0 Å². The molecule has 2 fully saturated rings. The Hall–Kier alpha value is -2.08. The molecule has 2 aliphatic rings. The van der Waals surface area contributed by atoms with E-state index in [-0.39, 0.29) is 23.2 Å². The second kappa shape index (κ2) is 13.3. The minimum absolute atomic E-state index is 0. The summed E-state index contributed by atoms with van der Waals surface area (Å²) in [6, 6.07) is 12.5. The number of thiazole rings is 1. The molecule has 2 saturated heterocycles. The molecular weight excluding hydrogens is 568 g/mol. The van der Waals surface area contributed by atoms with E-state index in [0.29, 0.717) is 42.2 Å². The number of nitrogens with zero attached hydrogens (tertiary/aromatic N) is 4. The topological polar surface area (TPSA) is 83.0 Å². The smallest absolute Gasteiger partial charge is 0.260 e. The SMILES string of the molecule is Cc1cccc2sc(N(CCCN3CCOCC3)C(=O)c3ccc(S(=O)(=O)N4CC(C)CC(C)C4)cc3)nc12.Cl. The Morgan fingerprint density at radius 1 is 1.07 bits per heavy atom. The number of hydrogen-bond acceptors (Lipinski definition) is 7. The highest BCUT2D eigenvalue weighted by Crippen LogP contribution is 2.32. The number of piperidine rings is 1. The van der Waals surface area contributed by atoms with Gasteiger partial charge in [-0.15, -0.1) is 12.4 Å². The summed E-state index contributed by atoms with van der Waals surface area (Å²) in [6.07, 6.45) is 1.84. The zero-order valence-electron chi connectivity index (χ0n) is 23.4. The average molecular weight is 607 g/mol. The van der Waals surface area contributed by atoms with Crippen LogP contribution in [-0.4, -0.2) is 81.0 Å². The fraction of sp³-hybridized carbons (Fsp3) is 0.517. The minimum Gasteiger partial charge on any atom is -0.379 e.